The average molecular weight is 558 g/mol. The van der Waals surface area contributed by atoms with Gasteiger partial charge in [-0.3, -0.25) is 9.59 Å². The summed E-state index contributed by atoms with van der Waals surface area (Å²) in [6.45, 7) is 10.8. The topological polar surface area (TPSA) is 106 Å². The zero-order chi connectivity index (χ0) is 28.7. The van der Waals surface area contributed by atoms with Crippen molar-refractivity contribution in [2.24, 2.45) is 11.3 Å². The quantitative estimate of drug-likeness (QED) is 0.504. The standard InChI is InChI=1S/C29H40ClN5O4/c1-28(2,3)33-27(38)39-18-10-8-9-17(11-18)25(36)32-24-13-19(21(30)15-31-24)20-12-22(26(37)34(6)7)35-16-29(4,5)14-23(20)35/h12-13,15,17-18H,8-11,14,16H2,1-7H3,(H,33,38)(H,31,32,36)/t17-,18+/m0/s1. The van der Waals surface area contributed by atoms with Gasteiger partial charge in [0, 0.05) is 55.1 Å². The maximum atomic E-state index is 13.2. The van der Waals surface area contributed by atoms with Crippen molar-refractivity contribution in [2.75, 3.05) is 19.4 Å². The molecule has 1 saturated carbocycles. The molecule has 4 rings (SSSR count). The highest BCUT2D eigenvalue weighted by Crippen LogP contribution is 2.42. The Balaban J connectivity index is 1.53. The summed E-state index contributed by atoms with van der Waals surface area (Å²) in [6, 6.07) is 3.67. The van der Waals surface area contributed by atoms with Crippen LogP contribution in [0.4, 0.5) is 10.6 Å². The van der Waals surface area contributed by atoms with Crippen molar-refractivity contribution in [3.05, 3.63) is 34.7 Å². The van der Waals surface area contributed by atoms with Crippen molar-refractivity contribution in [3.8, 4) is 11.1 Å². The number of nitrogens with one attached hydrogen (secondary N) is 2. The fraction of sp³-hybridized carbons (Fsp3) is 0.586. The molecule has 3 amide bonds. The van der Waals surface area contributed by atoms with Crippen LogP contribution in [0.25, 0.3) is 11.1 Å². The molecule has 1 aliphatic carbocycles. The number of rotatable bonds is 5. The molecule has 2 atom stereocenters. The van der Waals surface area contributed by atoms with Gasteiger partial charge in [-0.25, -0.2) is 9.78 Å². The number of pyridine rings is 1. The number of carbonyl (C=O) groups is 3. The van der Waals surface area contributed by atoms with Gasteiger partial charge in [0.05, 0.1) is 5.02 Å². The molecule has 0 bridgehead atoms. The summed E-state index contributed by atoms with van der Waals surface area (Å²) in [5, 5.41) is 6.20. The first-order valence-electron chi connectivity index (χ1n) is 13.5. The van der Waals surface area contributed by atoms with Crippen LogP contribution in [0, 0.1) is 11.3 Å². The number of ether oxygens (including phenoxy) is 1. The minimum atomic E-state index is -0.465. The van der Waals surface area contributed by atoms with E-state index in [0.717, 1.165) is 42.6 Å². The van der Waals surface area contributed by atoms with Crippen LogP contribution >= 0.6 is 11.6 Å². The van der Waals surface area contributed by atoms with Gasteiger partial charge in [0.1, 0.15) is 17.6 Å². The number of amides is 3. The van der Waals surface area contributed by atoms with Crippen molar-refractivity contribution >= 4 is 35.3 Å². The lowest BCUT2D eigenvalue weighted by atomic mass is 9.86. The Bertz CT molecular complexity index is 1280. The Hall–Kier alpha value is -3.07. The molecule has 39 heavy (non-hydrogen) atoms. The molecule has 3 heterocycles. The van der Waals surface area contributed by atoms with E-state index in [9.17, 15) is 14.4 Å². The lowest BCUT2D eigenvalue weighted by Crippen LogP contribution is -2.43. The summed E-state index contributed by atoms with van der Waals surface area (Å²) in [4.78, 5) is 44.3. The van der Waals surface area contributed by atoms with Crippen LogP contribution in [0.2, 0.25) is 5.02 Å². The lowest BCUT2D eigenvalue weighted by molar-refractivity contribution is -0.122. The molecule has 2 aliphatic rings. The zero-order valence-electron chi connectivity index (χ0n) is 24.0. The summed E-state index contributed by atoms with van der Waals surface area (Å²) in [5.74, 6) is -0.127. The van der Waals surface area contributed by atoms with Crippen LogP contribution < -0.4 is 10.6 Å². The molecule has 0 unspecified atom stereocenters. The number of hydrogen-bond donors (Lipinski definition) is 2. The third-order valence-corrected chi connectivity index (χ3v) is 7.51. The minimum absolute atomic E-state index is 0.00656. The minimum Gasteiger partial charge on any atom is -0.446 e. The second-order valence-electron chi connectivity index (χ2n) is 12.8. The third-order valence-electron chi connectivity index (χ3n) is 7.21. The molecule has 2 aromatic heterocycles. The van der Waals surface area contributed by atoms with Gasteiger partial charge in [-0.2, -0.15) is 0 Å². The molecule has 1 aliphatic heterocycles. The van der Waals surface area contributed by atoms with Gasteiger partial charge in [0.2, 0.25) is 5.91 Å². The third kappa shape index (κ3) is 6.75. The monoisotopic (exact) mass is 557 g/mol. The van der Waals surface area contributed by atoms with E-state index in [-0.39, 0.29) is 29.3 Å². The molecule has 10 heteroatoms. The van der Waals surface area contributed by atoms with Crippen LogP contribution in [0.1, 0.15) is 76.5 Å². The van der Waals surface area contributed by atoms with Gasteiger partial charge < -0.3 is 24.8 Å². The summed E-state index contributed by atoms with van der Waals surface area (Å²) in [6.07, 6.45) is 4.25. The fourth-order valence-corrected chi connectivity index (χ4v) is 5.66. The van der Waals surface area contributed by atoms with E-state index in [0.29, 0.717) is 29.4 Å². The average Bonchev–Trinajstić information content (AvgIpc) is 3.31. The Morgan fingerprint density at radius 2 is 1.87 bits per heavy atom. The molecule has 1 fully saturated rings. The number of fused-ring (bicyclic) bond motifs is 1. The Morgan fingerprint density at radius 3 is 2.54 bits per heavy atom. The molecule has 0 aromatic carbocycles. The van der Waals surface area contributed by atoms with E-state index in [2.05, 4.69) is 34.0 Å². The largest absolute Gasteiger partial charge is 0.446 e. The maximum Gasteiger partial charge on any atom is 0.407 e. The molecule has 9 nitrogen and oxygen atoms in total. The molecule has 212 valence electrons. The Morgan fingerprint density at radius 1 is 1.15 bits per heavy atom. The van der Waals surface area contributed by atoms with Gasteiger partial charge >= 0.3 is 6.09 Å². The number of halogens is 1. The second-order valence-corrected chi connectivity index (χ2v) is 13.2. The lowest BCUT2D eigenvalue weighted by Gasteiger charge is -2.29. The van der Waals surface area contributed by atoms with E-state index < -0.39 is 11.6 Å². The molecular formula is C29H40ClN5O4. The predicted octanol–water partition coefficient (Wildman–Crippen LogP) is 5.51. The van der Waals surface area contributed by atoms with Crippen molar-refractivity contribution in [3.63, 3.8) is 0 Å². The second kappa shape index (κ2) is 10.8. The van der Waals surface area contributed by atoms with E-state index in [4.69, 9.17) is 16.3 Å². The number of aromatic nitrogens is 2. The number of hydrogen-bond acceptors (Lipinski definition) is 5. The smallest absolute Gasteiger partial charge is 0.407 e. The summed E-state index contributed by atoms with van der Waals surface area (Å²) in [5.41, 5.74) is 2.90. The van der Waals surface area contributed by atoms with Crippen LogP contribution in [-0.2, 0) is 22.5 Å². The van der Waals surface area contributed by atoms with Crippen LogP contribution in [0.3, 0.4) is 0 Å². The van der Waals surface area contributed by atoms with E-state index in [1.165, 1.54) is 6.20 Å². The van der Waals surface area contributed by atoms with Gasteiger partial charge in [0.25, 0.3) is 5.91 Å². The first kappa shape index (κ1) is 28.9. The number of nitrogens with zero attached hydrogens (tertiary/aromatic N) is 3. The highest BCUT2D eigenvalue weighted by atomic mass is 35.5. The van der Waals surface area contributed by atoms with Gasteiger partial charge in [-0.05, 0) is 70.4 Å². The van der Waals surface area contributed by atoms with Crippen molar-refractivity contribution in [1.82, 2.24) is 19.8 Å². The number of anilines is 1. The normalized spacial score (nSPS) is 20.2. The summed E-state index contributed by atoms with van der Waals surface area (Å²) < 4.78 is 7.68. The maximum absolute atomic E-state index is 13.2. The number of alkyl carbamates (subject to hydrolysis) is 1. The highest BCUT2D eigenvalue weighted by molar-refractivity contribution is 6.33. The molecule has 0 saturated heterocycles. The molecule has 0 radical (unpaired) electrons. The number of carbonyl (C=O) groups excluding carboxylic acids is 3. The van der Waals surface area contributed by atoms with Crippen LogP contribution in [-0.4, -0.2) is 58.1 Å². The zero-order valence-corrected chi connectivity index (χ0v) is 24.7. The first-order valence-corrected chi connectivity index (χ1v) is 13.9. The van der Waals surface area contributed by atoms with E-state index in [1.54, 1.807) is 25.1 Å². The SMILES string of the molecule is CN(C)C(=O)c1cc(-c2cc(NC(=O)[C@H]3CCC[C@@H](OC(=O)NC(C)(C)C)C3)ncc2Cl)c2n1CC(C)(C)C2. The Labute approximate surface area is 235 Å². The Kier molecular flexibility index (Phi) is 8.03. The van der Waals surface area contributed by atoms with Crippen molar-refractivity contribution in [1.29, 1.82) is 0 Å². The van der Waals surface area contributed by atoms with Crippen molar-refractivity contribution < 1.29 is 19.1 Å². The van der Waals surface area contributed by atoms with Gasteiger partial charge in [-0.15, -0.1) is 0 Å². The van der Waals surface area contributed by atoms with Crippen LogP contribution in [0.5, 0.6) is 0 Å². The highest BCUT2D eigenvalue weighted by Gasteiger charge is 2.35. The molecule has 2 aromatic rings. The van der Waals surface area contributed by atoms with E-state index >= 15 is 0 Å². The first-order chi connectivity index (χ1) is 18.1. The van der Waals surface area contributed by atoms with Crippen molar-refractivity contribution in [2.45, 2.75) is 84.9 Å². The van der Waals surface area contributed by atoms with Gasteiger partial charge in [0.15, 0.2) is 0 Å². The predicted molar refractivity (Wildman–Crippen MR) is 152 cm³/mol. The molecule has 2 N–H and O–H groups in total. The van der Waals surface area contributed by atoms with E-state index in [1.807, 2.05) is 26.8 Å². The van der Waals surface area contributed by atoms with Crippen LogP contribution in [0.15, 0.2) is 18.3 Å². The van der Waals surface area contributed by atoms with Gasteiger partial charge in [-0.1, -0.05) is 25.4 Å². The molecule has 0 spiro atoms. The molecular weight excluding hydrogens is 518 g/mol. The summed E-state index contributed by atoms with van der Waals surface area (Å²) >= 11 is 6.62. The summed E-state index contributed by atoms with van der Waals surface area (Å²) in [7, 11) is 3.49. The fourth-order valence-electron chi connectivity index (χ4n) is 5.46.